The number of esters is 1. The van der Waals surface area contributed by atoms with Gasteiger partial charge in [-0.15, -0.1) is 11.8 Å². The van der Waals surface area contributed by atoms with Crippen LogP contribution in [0.2, 0.25) is 0 Å². The molecule has 0 saturated carbocycles. The van der Waals surface area contributed by atoms with Crippen molar-refractivity contribution in [3.63, 3.8) is 0 Å². The molecule has 0 aromatic carbocycles. The van der Waals surface area contributed by atoms with E-state index in [2.05, 4.69) is 6.92 Å². The zero-order chi connectivity index (χ0) is 22.9. The summed E-state index contributed by atoms with van der Waals surface area (Å²) in [5.41, 5.74) is 0. The lowest BCUT2D eigenvalue weighted by Gasteiger charge is -2.38. The molecule has 0 aliphatic carbocycles. The predicted molar refractivity (Wildman–Crippen MR) is 123 cm³/mol. The van der Waals surface area contributed by atoms with Crippen molar-refractivity contribution >= 4 is 29.5 Å². The summed E-state index contributed by atoms with van der Waals surface area (Å²) >= 11 is 1.55. The van der Waals surface area contributed by atoms with Crippen molar-refractivity contribution < 1.29 is 24.2 Å². The van der Waals surface area contributed by atoms with Crippen LogP contribution in [-0.2, 0) is 19.1 Å². The fraction of sp³-hybridized carbons (Fsp3) is 0.708. The Morgan fingerprint density at radius 2 is 2.03 bits per heavy atom. The van der Waals surface area contributed by atoms with Gasteiger partial charge in [-0.2, -0.15) is 0 Å². The molecule has 2 saturated heterocycles. The van der Waals surface area contributed by atoms with Crippen molar-refractivity contribution in [2.24, 2.45) is 11.8 Å². The smallest absolute Gasteiger partial charge is 0.311 e. The van der Waals surface area contributed by atoms with Crippen LogP contribution in [0.15, 0.2) is 24.3 Å². The number of amides is 2. The highest BCUT2D eigenvalue weighted by Gasteiger charge is 2.71. The Morgan fingerprint density at radius 1 is 1.22 bits per heavy atom. The molecule has 4 rings (SSSR count). The summed E-state index contributed by atoms with van der Waals surface area (Å²) in [6.45, 7) is 5.28. The Balaban J connectivity index is 1.78. The predicted octanol–water partition coefficient (Wildman–Crippen LogP) is 2.15. The van der Waals surface area contributed by atoms with Crippen LogP contribution in [0.3, 0.4) is 0 Å². The van der Waals surface area contributed by atoms with Crippen LogP contribution in [0, 0.1) is 11.8 Å². The Kier molecular flexibility index (Phi) is 7.00. The zero-order valence-electron chi connectivity index (χ0n) is 18.9. The molecule has 7 nitrogen and oxygen atoms in total. The highest BCUT2D eigenvalue weighted by Crippen LogP contribution is 2.61. The van der Waals surface area contributed by atoms with Gasteiger partial charge in [-0.05, 0) is 19.3 Å². The molecule has 1 unspecified atom stereocenters. The van der Waals surface area contributed by atoms with E-state index in [1.807, 2.05) is 36.1 Å². The number of thioether (sulfide) groups is 1. The van der Waals surface area contributed by atoms with E-state index in [-0.39, 0.29) is 29.6 Å². The molecule has 176 valence electrons. The van der Waals surface area contributed by atoms with Crippen molar-refractivity contribution in [2.75, 3.05) is 26.3 Å². The van der Waals surface area contributed by atoms with Crippen molar-refractivity contribution in [1.82, 2.24) is 9.80 Å². The van der Waals surface area contributed by atoms with E-state index in [9.17, 15) is 19.5 Å². The molecule has 1 N–H and O–H groups in total. The van der Waals surface area contributed by atoms with Gasteiger partial charge in [-0.1, -0.05) is 51.0 Å². The number of fused-ring (bicyclic) bond motifs is 2. The van der Waals surface area contributed by atoms with E-state index in [4.69, 9.17) is 4.74 Å². The van der Waals surface area contributed by atoms with Crippen LogP contribution in [-0.4, -0.2) is 81.1 Å². The van der Waals surface area contributed by atoms with Crippen LogP contribution in [0.25, 0.3) is 0 Å². The fourth-order valence-corrected chi connectivity index (χ4v) is 7.64. The quantitative estimate of drug-likeness (QED) is 0.354. The van der Waals surface area contributed by atoms with E-state index >= 15 is 0 Å². The van der Waals surface area contributed by atoms with Gasteiger partial charge in [0.2, 0.25) is 11.8 Å². The zero-order valence-corrected chi connectivity index (χ0v) is 19.8. The van der Waals surface area contributed by atoms with Gasteiger partial charge in [0.15, 0.2) is 0 Å². The Bertz CT molecular complexity index is 810. The maximum absolute atomic E-state index is 13.9. The second-order valence-electron chi connectivity index (χ2n) is 9.11. The maximum Gasteiger partial charge on any atom is 0.311 e. The summed E-state index contributed by atoms with van der Waals surface area (Å²) in [6.07, 6.45) is 12.2. The largest absolute Gasteiger partial charge is 0.465 e. The molecule has 4 aliphatic rings. The lowest BCUT2D eigenvalue weighted by Crippen LogP contribution is -2.56. The highest BCUT2D eigenvalue weighted by atomic mass is 32.2. The third-order valence-electron chi connectivity index (χ3n) is 7.25. The number of unbranched alkanes of at least 4 members (excludes halogenated alkanes) is 2. The van der Waals surface area contributed by atoms with E-state index in [0.29, 0.717) is 32.5 Å². The first kappa shape index (κ1) is 23.4. The first-order valence-electron chi connectivity index (χ1n) is 11.9. The maximum atomic E-state index is 13.9. The molecule has 0 bridgehead atoms. The number of ether oxygens (including phenoxy) is 1. The van der Waals surface area contributed by atoms with Crippen molar-refractivity contribution in [3.8, 4) is 0 Å². The number of aliphatic hydroxyl groups is 1. The summed E-state index contributed by atoms with van der Waals surface area (Å²) in [5.74, 6) is -1.95. The third-order valence-corrected chi connectivity index (χ3v) is 8.99. The van der Waals surface area contributed by atoms with Gasteiger partial charge in [0.25, 0.3) is 0 Å². The van der Waals surface area contributed by atoms with Crippen molar-refractivity contribution in [3.05, 3.63) is 24.3 Å². The van der Waals surface area contributed by atoms with Crippen LogP contribution < -0.4 is 0 Å². The van der Waals surface area contributed by atoms with Gasteiger partial charge in [0.05, 0.1) is 35.8 Å². The lowest BCUT2D eigenvalue weighted by atomic mass is 9.78. The Hall–Kier alpha value is -1.80. The van der Waals surface area contributed by atoms with Gasteiger partial charge in [0, 0.05) is 18.3 Å². The van der Waals surface area contributed by atoms with Gasteiger partial charge < -0.3 is 19.6 Å². The van der Waals surface area contributed by atoms with E-state index in [1.54, 1.807) is 16.7 Å². The molecule has 6 atom stereocenters. The van der Waals surface area contributed by atoms with Crippen LogP contribution >= 0.6 is 11.8 Å². The summed E-state index contributed by atoms with van der Waals surface area (Å²) < 4.78 is 4.65. The molecule has 8 heteroatoms. The molecular formula is C24H34N2O5S. The van der Waals surface area contributed by atoms with Crippen LogP contribution in [0.5, 0.6) is 0 Å². The number of carbonyl (C=O) groups excluding carboxylic acids is 3. The number of rotatable bonds is 7. The fourth-order valence-electron chi connectivity index (χ4n) is 5.65. The average Bonchev–Trinajstić information content (AvgIpc) is 3.15. The number of cyclic esters (lactones) is 1. The number of hydrogen-bond donors (Lipinski definition) is 1. The number of aliphatic hydroxyl groups excluding tert-OH is 1. The van der Waals surface area contributed by atoms with Crippen molar-refractivity contribution in [2.45, 2.75) is 68.0 Å². The van der Waals surface area contributed by atoms with Gasteiger partial charge >= 0.3 is 5.97 Å². The number of nitrogens with zero attached hydrogens (tertiary/aromatic N) is 2. The molecule has 4 aliphatic heterocycles. The Labute approximate surface area is 194 Å². The average molecular weight is 463 g/mol. The SMILES string of the molecule is CCCCCN1CC=C[C@]23S[C@@H]4C=CCCOC(=O)[C@@H]4[C@H]2C(=O)N([C@@H](CC)CO)C3C1=O. The minimum absolute atomic E-state index is 0.0760. The number of carbonyl (C=O) groups is 3. The monoisotopic (exact) mass is 462 g/mol. The third kappa shape index (κ3) is 3.69. The lowest BCUT2D eigenvalue weighted by molar-refractivity contribution is -0.153. The summed E-state index contributed by atoms with van der Waals surface area (Å²) in [6, 6.07) is -1.18. The molecule has 0 aromatic heterocycles. The van der Waals surface area contributed by atoms with Gasteiger partial charge in [-0.3, -0.25) is 14.4 Å². The number of hydrogen-bond acceptors (Lipinski definition) is 6. The topological polar surface area (TPSA) is 87.2 Å². The van der Waals surface area contributed by atoms with Crippen LogP contribution in [0.4, 0.5) is 0 Å². The molecule has 4 heterocycles. The normalized spacial score (nSPS) is 35.0. The van der Waals surface area contributed by atoms with Crippen LogP contribution in [0.1, 0.15) is 46.0 Å². The molecular weight excluding hydrogens is 428 g/mol. The summed E-state index contributed by atoms with van der Waals surface area (Å²) in [5, 5.41) is 9.86. The Morgan fingerprint density at radius 3 is 2.75 bits per heavy atom. The van der Waals surface area contributed by atoms with E-state index in [1.165, 1.54) is 0 Å². The summed E-state index contributed by atoms with van der Waals surface area (Å²) in [4.78, 5) is 44.3. The van der Waals surface area contributed by atoms with Gasteiger partial charge in [-0.25, -0.2) is 0 Å². The standard InChI is InChI=1S/C24H34N2O5S/c1-3-5-7-12-25-13-9-11-24-19(18-17(32-24)10-6-8-14-31-23(18)30)21(28)26(16(4-2)15-27)20(24)22(25)29/h6,9-11,16-20,27H,3-5,7-8,12-15H2,1-2H3/t16-,17+,18-,19-,20?,24-/m0/s1. The minimum atomic E-state index is -0.834. The second-order valence-corrected chi connectivity index (χ2v) is 10.6. The molecule has 32 heavy (non-hydrogen) atoms. The first-order valence-corrected chi connectivity index (χ1v) is 12.8. The highest BCUT2D eigenvalue weighted by molar-refractivity contribution is 8.02. The molecule has 0 aromatic rings. The van der Waals surface area contributed by atoms with Gasteiger partial charge in [0.1, 0.15) is 6.04 Å². The summed E-state index contributed by atoms with van der Waals surface area (Å²) in [7, 11) is 0. The van der Waals surface area contributed by atoms with Crippen molar-refractivity contribution in [1.29, 1.82) is 0 Å². The molecule has 0 radical (unpaired) electrons. The molecule has 1 spiro atoms. The molecule has 2 amide bonds. The second kappa shape index (κ2) is 9.59. The minimum Gasteiger partial charge on any atom is -0.465 e. The number of likely N-dealkylation sites (tertiary alicyclic amines) is 1. The first-order chi connectivity index (χ1) is 15.5. The van der Waals surface area contributed by atoms with E-state index in [0.717, 1.165) is 19.3 Å². The van der Waals surface area contributed by atoms with E-state index < -0.39 is 28.7 Å². The molecule has 2 fully saturated rings.